The summed E-state index contributed by atoms with van der Waals surface area (Å²) in [4.78, 5) is 15.4. The van der Waals surface area contributed by atoms with Crippen molar-refractivity contribution in [2.24, 2.45) is 0 Å². The Hall–Kier alpha value is -3.56. The second-order valence-corrected chi connectivity index (χ2v) is 11.2. The van der Waals surface area contributed by atoms with Gasteiger partial charge in [-0.25, -0.2) is 8.42 Å². The molecule has 9 heteroatoms. The number of hydrogen-bond donors (Lipinski definition) is 2. The molecule has 3 aromatic rings. The lowest BCUT2D eigenvalue weighted by molar-refractivity contribution is 0.0904. The Kier molecular flexibility index (Phi) is 8.91. The van der Waals surface area contributed by atoms with Gasteiger partial charge in [-0.05, 0) is 74.5 Å². The van der Waals surface area contributed by atoms with Gasteiger partial charge in [-0.15, -0.1) is 0 Å². The van der Waals surface area contributed by atoms with Crippen molar-refractivity contribution in [3.8, 4) is 11.5 Å². The largest absolute Gasteiger partial charge is 0.493 e. The summed E-state index contributed by atoms with van der Waals surface area (Å²) in [5, 5.41) is 3.21. The van der Waals surface area contributed by atoms with Gasteiger partial charge in [0.15, 0.2) is 11.5 Å². The van der Waals surface area contributed by atoms with Crippen molar-refractivity contribution in [1.82, 2.24) is 10.2 Å². The number of likely N-dealkylation sites (N-methyl/N-ethyl adjacent to an activating group) is 1. The van der Waals surface area contributed by atoms with Crippen LogP contribution in [-0.4, -0.2) is 59.1 Å². The third-order valence-electron chi connectivity index (χ3n) is 6.67. The first kappa shape index (κ1) is 27.5. The number of benzene rings is 3. The number of amides is 1. The van der Waals surface area contributed by atoms with Crippen LogP contribution in [0.1, 0.15) is 40.7 Å². The molecule has 0 aromatic heterocycles. The van der Waals surface area contributed by atoms with Gasteiger partial charge in [0, 0.05) is 29.8 Å². The van der Waals surface area contributed by atoms with E-state index in [1.54, 1.807) is 55.6 Å². The maximum Gasteiger partial charge on any atom is 0.251 e. The van der Waals surface area contributed by atoms with Gasteiger partial charge >= 0.3 is 0 Å². The molecule has 1 aliphatic rings. The van der Waals surface area contributed by atoms with Crippen molar-refractivity contribution in [2.75, 3.05) is 38.6 Å². The highest BCUT2D eigenvalue weighted by Crippen LogP contribution is 2.34. The zero-order valence-electron chi connectivity index (χ0n) is 22.0. The van der Waals surface area contributed by atoms with Crippen LogP contribution in [0.3, 0.4) is 0 Å². The molecule has 2 atom stereocenters. The first-order valence-electron chi connectivity index (χ1n) is 12.7. The van der Waals surface area contributed by atoms with Gasteiger partial charge < -0.3 is 19.7 Å². The molecule has 1 amide bonds. The number of methoxy groups -OCH3 is 1. The molecule has 38 heavy (non-hydrogen) atoms. The van der Waals surface area contributed by atoms with Crippen LogP contribution < -0.4 is 19.5 Å². The Morgan fingerprint density at radius 3 is 2.45 bits per heavy atom. The molecule has 0 bridgehead atoms. The number of piperidine rings is 1. The smallest absolute Gasteiger partial charge is 0.251 e. The van der Waals surface area contributed by atoms with E-state index in [4.69, 9.17) is 9.47 Å². The minimum absolute atomic E-state index is 0.0642. The standard InChI is InChI=1S/C29H35N3O5S/c1-4-37-28-18-23(12-15-27(28)36-3)25-19-32(2)17-16-26(25)30-29(33)22-10-13-24(14-11-22)31-38(34,35)20-21-8-6-5-7-9-21/h5-15,18,25-26,31H,4,16-17,19-20H2,1-3H3,(H,30,33). The third kappa shape index (κ3) is 7.05. The van der Waals surface area contributed by atoms with E-state index in [1.165, 1.54) is 0 Å². The van der Waals surface area contributed by atoms with Gasteiger partial charge in [-0.2, -0.15) is 0 Å². The molecule has 8 nitrogen and oxygen atoms in total. The molecule has 3 aromatic carbocycles. The van der Waals surface area contributed by atoms with Crippen molar-refractivity contribution in [3.05, 3.63) is 89.5 Å². The number of hydrogen-bond acceptors (Lipinski definition) is 6. The molecule has 4 rings (SSSR count). The van der Waals surface area contributed by atoms with Crippen molar-refractivity contribution in [3.63, 3.8) is 0 Å². The molecule has 0 spiro atoms. The number of carbonyl (C=O) groups excluding carboxylic acids is 1. The van der Waals surface area contributed by atoms with Crippen molar-refractivity contribution >= 4 is 21.6 Å². The lowest BCUT2D eigenvalue weighted by Crippen LogP contribution is -2.48. The minimum atomic E-state index is -3.57. The molecule has 1 fully saturated rings. The second kappa shape index (κ2) is 12.3. The highest BCUT2D eigenvalue weighted by Gasteiger charge is 2.31. The Balaban J connectivity index is 1.44. The average Bonchev–Trinajstić information content (AvgIpc) is 2.90. The fourth-order valence-electron chi connectivity index (χ4n) is 4.77. The van der Waals surface area contributed by atoms with Crippen LogP contribution in [0.15, 0.2) is 72.8 Å². The number of anilines is 1. The van der Waals surface area contributed by atoms with Gasteiger partial charge in [-0.1, -0.05) is 36.4 Å². The fraction of sp³-hybridized carbons (Fsp3) is 0.345. The molecule has 2 N–H and O–H groups in total. The zero-order chi connectivity index (χ0) is 27.1. The van der Waals surface area contributed by atoms with E-state index in [0.717, 1.165) is 25.1 Å². The normalized spacial score (nSPS) is 18.0. The zero-order valence-corrected chi connectivity index (χ0v) is 22.8. The van der Waals surface area contributed by atoms with E-state index < -0.39 is 10.0 Å². The van der Waals surface area contributed by atoms with Gasteiger partial charge in [0.2, 0.25) is 10.0 Å². The number of rotatable bonds is 10. The van der Waals surface area contributed by atoms with Crippen LogP contribution in [-0.2, 0) is 15.8 Å². The van der Waals surface area contributed by atoms with Crippen molar-refractivity contribution in [1.29, 1.82) is 0 Å². The highest BCUT2D eigenvalue weighted by molar-refractivity contribution is 7.91. The lowest BCUT2D eigenvalue weighted by atomic mass is 9.85. The van der Waals surface area contributed by atoms with E-state index in [-0.39, 0.29) is 23.6 Å². The van der Waals surface area contributed by atoms with Crippen LogP contribution >= 0.6 is 0 Å². The summed E-state index contributed by atoms with van der Waals surface area (Å²) < 4.78 is 38.9. The minimum Gasteiger partial charge on any atom is -0.493 e. The first-order chi connectivity index (χ1) is 18.3. The Morgan fingerprint density at radius 2 is 1.76 bits per heavy atom. The number of carbonyl (C=O) groups is 1. The van der Waals surface area contributed by atoms with Gasteiger partial charge in [0.25, 0.3) is 5.91 Å². The summed E-state index contributed by atoms with van der Waals surface area (Å²) in [6, 6.07) is 21.4. The Morgan fingerprint density at radius 1 is 1.03 bits per heavy atom. The lowest BCUT2D eigenvalue weighted by Gasteiger charge is -2.37. The Bertz CT molecular complexity index is 1330. The summed E-state index contributed by atoms with van der Waals surface area (Å²) in [6.45, 7) is 4.13. The van der Waals surface area contributed by atoms with Crippen LogP contribution in [0.4, 0.5) is 5.69 Å². The Labute approximate surface area is 225 Å². The summed E-state index contributed by atoms with van der Waals surface area (Å²) in [5.41, 5.74) is 2.66. The van der Waals surface area contributed by atoms with E-state index >= 15 is 0 Å². The van der Waals surface area contributed by atoms with E-state index in [0.29, 0.717) is 34.9 Å². The van der Waals surface area contributed by atoms with Gasteiger partial charge in [0.1, 0.15) is 0 Å². The summed E-state index contributed by atoms with van der Waals surface area (Å²) >= 11 is 0. The second-order valence-electron chi connectivity index (χ2n) is 9.50. The maximum atomic E-state index is 13.2. The highest BCUT2D eigenvalue weighted by atomic mass is 32.2. The molecule has 0 radical (unpaired) electrons. The average molecular weight is 538 g/mol. The van der Waals surface area contributed by atoms with Crippen LogP contribution in [0.25, 0.3) is 0 Å². The number of nitrogens with zero attached hydrogens (tertiary/aromatic N) is 1. The molecule has 1 saturated heterocycles. The van der Waals surface area contributed by atoms with E-state index in [2.05, 4.69) is 22.0 Å². The molecule has 1 aliphatic heterocycles. The third-order valence-corrected chi connectivity index (χ3v) is 7.93. The molecule has 0 aliphatic carbocycles. The van der Waals surface area contributed by atoms with E-state index in [1.807, 2.05) is 31.2 Å². The molecule has 1 heterocycles. The van der Waals surface area contributed by atoms with Crippen LogP contribution in [0.5, 0.6) is 11.5 Å². The molecule has 0 saturated carbocycles. The maximum absolute atomic E-state index is 13.2. The van der Waals surface area contributed by atoms with Gasteiger partial charge in [0.05, 0.1) is 19.5 Å². The van der Waals surface area contributed by atoms with Crippen molar-refractivity contribution < 1.29 is 22.7 Å². The quantitative estimate of drug-likeness (QED) is 0.401. The molecule has 202 valence electrons. The van der Waals surface area contributed by atoms with Crippen LogP contribution in [0.2, 0.25) is 0 Å². The predicted octanol–water partition coefficient (Wildman–Crippen LogP) is 4.25. The number of nitrogens with one attached hydrogen (secondary N) is 2. The van der Waals surface area contributed by atoms with Gasteiger partial charge in [-0.3, -0.25) is 9.52 Å². The summed E-state index contributed by atoms with van der Waals surface area (Å²) in [6.07, 6.45) is 0.806. The number of ether oxygens (including phenoxy) is 2. The number of likely N-dealkylation sites (tertiary alicyclic amines) is 1. The SMILES string of the molecule is CCOc1cc(C2CN(C)CCC2NC(=O)c2ccc(NS(=O)(=O)Cc3ccccc3)cc2)ccc1OC. The molecular formula is C29H35N3O5S. The summed E-state index contributed by atoms with van der Waals surface area (Å²) in [7, 11) is 0.125. The predicted molar refractivity (Wildman–Crippen MR) is 149 cm³/mol. The first-order valence-corrected chi connectivity index (χ1v) is 14.4. The number of sulfonamides is 1. The molecular weight excluding hydrogens is 502 g/mol. The fourth-order valence-corrected chi connectivity index (χ4v) is 5.97. The van der Waals surface area contributed by atoms with Crippen LogP contribution in [0, 0.1) is 0 Å². The summed E-state index contributed by atoms with van der Waals surface area (Å²) in [5.74, 6) is 1.13. The molecule has 2 unspecified atom stereocenters. The monoisotopic (exact) mass is 537 g/mol. The topological polar surface area (TPSA) is 97.0 Å². The van der Waals surface area contributed by atoms with Crippen molar-refractivity contribution in [2.45, 2.75) is 31.1 Å². The van der Waals surface area contributed by atoms with E-state index in [9.17, 15) is 13.2 Å².